The lowest BCUT2D eigenvalue weighted by molar-refractivity contribution is -0.126. The molecule has 1 aliphatic rings. The van der Waals surface area contributed by atoms with Crippen LogP contribution in [0.4, 0.5) is 0 Å². The van der Waals surface area contributed by atoms with Crippen molar-refractivity contribution >= 4 is 17.5 Å². The fourth-order valence-corrected chi connectivity index (χ4v) is 3.52. The summed E-state index contributed by atoms with van der Waals surface area (Å²) in [4.78, 5) is 14.8. The van der Waals surface area contributed by atoms with Gasteiger partial charge in [0, 0.05) is 17.5 Å². The quantitative estimate of drug-likeness (QED) is 0.730. The van der Waals surface area contributed by atoms with Crippen LogP contribution in [0.1, 0.15) is 24.0 Å². The highest BCUT2D eigenvalue weighted by Gasteiger charge is 2.24. The third kappa shape index (κ3) is 5.98. The lowest BCUT2D eigenvalue weighted by Gasteiger charge is -2.31. The van der Waals surface area contributed by atoms with E-state index >= 15 is 0 Å². The molecule has 1 fully saturated rings. The van der Waals surface area contributed by atoms with E-state index in [1.54, 1.807) is 6.07 Å². The molecule has 2 aromatic rings. The zero-order valence-electron chi connectivity index (χ0n) is 15.8. The first-order chi connectivity index (χ1) is 13.1. The summed E-state index contributed by atoms with van der Waals surface area (Å²) in [6.45, 7) is 5.79. The number of amides is 1. The number of rotatable bonds is 7. The molecule has 0 aromatic heterocycles. The van der Waals surface area contributed by atoms with E-state index < -0.39 is 0 Å². The lowest BCUT2D eigenvalue weighted by Crippen LogP contribution is -2.41. The van der Waals surface area contributed by atoms with Crippen molar-refractivity contribution in [2.75, 3.05) is 26.2 Å². The summed E-state index contributed by atoms with van der Waals surface area (Å²) in [5, 5.41) is 3.69. The van der Waals surface area contributed by atoms with Crippen LogP contribution in [0.2, 0.25) is 5.02 Å². The van der Waals surface area contributed by atoms with Crippen LogP contribution in [0.15, 0.2) is 48.5 Å². The Morgan fingerprint density at radius 1 is 1.19 bits per heavy atom. The second-order valence-electron chi connectivity index (χ2n) is 7.09. The van der Waals surface area contributed by atoms with Gasteiger partial charge in [-0.05, 0) is 56.1 Å². The highest BCUT2D eigenvalue weighted by Crippen LogP contribution is 2.22. The number of hydrogen-bond donors (Lipinski definition) is 1. The molecule has 1 N–H and O–H groups in total. The van der Waals surface area contributed by atoms with Crippen LogP contribution in [0, 0.1) is 12.8 Å². The Balaban J connectivity index is 1.34. The van der Waals surface area contributed by atoms with Crippen molar-refractivity contribution in [1.29, 1.82) is 0 Å². The molecule has 0 saturated carbocycles. The summed E-state index contributed by atoms with van der Waals surface area (Å²) in [6.07, 6.45) is 1.82. The molecule has 1 heterocycles. The second kappa shape index (κ2) is 9.77. The number of benzene rings is 2. The predicted octanol–water partition coefficient (Wildman–Crippen LogP) is 4.06. The van der Waals surface area contributed by atoms with E-state index in [0.717, 1.165) is 43.8 Å². The van der Waals surface area contributed by atoms with Gasteiger partial charge in [-0.1, -0.05) is 48.0 Å². The maximum absolute atomic E-state index is 12.4. The Kier molecular flexibility index (Phi) is 7.13. The van der Waals surface area contributed by atoms with Gasteiger partial charge in [-0.3, -0.25) is 9.69 Å². The zero-order valence-corrected chi connectivity index (χ0v) is 16.5. The van der Waals surface area contributed by atoms with Gasteiger partial charge in [0.2, 0.25) is 5.91 Å². The van der Waals surface area contributed by atoms with Crippen molar-refractivity contribution in [1.82, 2.24) is 10.2 Å². The van der Waals surface area contributed by atoms with Gasteiger partial charge in [0.1, 0.15) is 12.4 Å². The predicted molar refractivity (Wildman–Crippen MR) is 109 cm³/mol. The van der Waals surface area contributed by atoms with Crippen molar-refractivity contribution in [3.05, 3.63) is 64.7 Å². The average molecular weight is 387 g/mol. The van der Waals surface area contributed by atoms with Gasteiger partial charge in [-0.15, -0.1) is 0 Å². The molecule has 0 unspecified atom stereocenters. The van der Waals surface area contributed by atoms with E-state index in [4.69, 9.17) is 16.3 Å². The summed E-state index contributed by atoms with van der Waals surface area (Å²) in [6, 6.07) is 16.1. The average Bonchev–Trinajstić information content (AvgIpc) is 2.69. The minimum absolute atomic E-state index is 0.103. The first-order valence-electron chi connectivity index (χ1n) is 9.55. The van der Waals surface area contributed by atoms with Crippen molar-refractivity contribution in [3.63, 3.8) is 0 Å². The van der Waals surface area contributed by atoms with Crippen LogP contribution >= 0.6 is 11.6 Å². The summed E-state index contributed by atoms with van der Waals surface area (Å²) in [5.74, 6) is 0.972. The standard InChI is InChI=1S/C22H27ClN2O2/c1-17-7-8-20(15-21(17)23)27-14-11-24-22(26)19-9-12-25(13-10-19)16-18-5-3-2-4-6-18/h2-8,15,19H,9-14,16H2,1H3,(H,24,26). The van der Waals surface area contributed by atoms with Crippen LogP contribution in [0.5, 0.6) is 5.75 Å². The maximum atomic E-state index is 12.4. The lowest BCUT2D eigenvalue weighted by atomic mass is 9.95. The number of likely N-dealkylation sites (tertiary alicyclic amines) is 1. The number of carbonyl (C=O) groups is 1. The smallest absolute Gasteiger partial charge is 0.223 e. The van der Waals surface area contributed by atoms with E-state index in [0.29, 0.717) is 18.2 Å². The molecule has 0 radical (unpaired) electrons. The van der Waals surface area contributed by atoms with Gasteiger partial charge in [-0.25, -0.2) is 0 Å². The Hall–Kier alpha value is -2.04. The monoisotopic (exact) mass is 386 g/mol. The first kappa shape index (κ1) is 19.7. The van der Waals surface area contributed by atoms with E-state index in [1.165, 1.54) is 5.56 Å². The number of nitrogens with one attached hydrogen (secondary N) is 1. The van der Waals surface area contributed by atoms with Gasteiger partial charge in [-0.2, -0.15) is 0 Å². The molecule has 4 nitrogen and oxygen atoms in total. The van der Waals surface area contributed by atoms with E-state index in [2.05, 4.69) is 34.5 Å². The Morgan fingerprint density at radius 2 is 1.93 bits per heavy atom. The fraction of sp³-hybridized carbons (Fsp3) is 0.409. The van der Waals surface area contributed by atoms with Gasteiger partial charge >= 0.3 is 0 Å². The normalized spacial score (nSPS) is 15.5. The SMILES string of the molecule is Cc1ccc(OCCNC(=O)C2CCN(Cc3ccccc3)CC2)cc1Cl. The van der Waals surface area contributed by atoms with Gasteiger partial charge in [0.25, 0.3) is 0 Å². The molecule has 3 rings (SSSR count). The van der Waals surface area contributed by atoms with Crippen molar-refractivity contribution in [3.8, 4) is 5.75 Å². The molecule has 27 heavy (non-hydrogen) atoms. The summed E-state index contributed by atoms with van der Waals surface area (Å²) < 4.78 is 5.66. The number of hydrogen-bond acceptors (Lipinski definition) is 3. The van der Waals surface area contributed by atoms with Gasteiger partial charge in [0.05, 0.1) is 6.54 Å². The Labute approximate surface area is 166 Å². The van der Waals surface area contributed by atoms with E-state index in [1.807, 2.05) is 25.1 Å². The molecular weight excluding hydrogens is 360 g/mol. The number of carbonyl (C=O) groups excluding carboxylic acids is 1. The van der Waals surface area contributed by atoms with Crippen LogP contribution in [-0.4, -0.2) is 37.0 Å². The largest absolute Gasteiger partial charge is 0.492 e. The van der Waals surface area contributed by atoms with Crippen LogP contribution in [-0.2, 0) is 11.3 Å². The molecule has 1 saturated heterocycles. The summed E-state index contributed by atoms with van der Waals surface area (Å²) in [5.41, 5.74) is 2.35. The number of ether oxygens (including phenoxy) is 1. The highest BCUT2D eigenvalue weighted by molar-refractivity contribution is 6.31. The third-order valence-corrected chi connectivity index (χ3v) is 5.43. The van der Waals surface area contributed by atoms with Crippen molar-refractivity contribution in [2.45, 2.75) is 26.3 Å². The highest BCUT2D eigenvalue weighted by atomic mass is 35.5. The number of piperidine rings is 1. The molecule has 1 amide bonds. The van der Waals surface area contributed by atoms with Crippen molar-refractivity contribution in [2.24, 2.45) is 5.92 Å². The molecule has 1 aliphatic heterocycles. The minimum atomic E-state index is 0.103. The molecule has 5 heteroatoms. The second-order valence-corrected chi connectivity index (χ2v) is 7.49. The van der Waals surface area contributed by atoms with E-state index in [-0.39, 0.29) is 11.8 Å². The third-order valence-electron chi connectivity index (χ3n) is 5.02. The summed E-state index contributed by atoms with van der Waals surface area (Å²) >= 11 is 6.09. The molecule has 144 valence electrons. The Morgan fingerprint density at radius 3 is 2.63 bits per heavy atom. The summed E-state index contributed by atoms with van der Waals surface area (Å²) in [7, 11) is 0. The van der Waals surface area contributed by atoms with Gasteiger partial charge < -0.3 is 10.1 Å². The fourth-order valence-electron chi connectivity index (χ4n) is 3.35. The Bertz CT molecular complexity index is 743. The maximum Gasteiger partial charge on any atom is 0.223 e. The van der Waals surface area contributed by atoms with Crippen molar-refractivity contribution < 1.29 is 9.53 Å². The number of aryl methyl sites for hydroxylation is 1. The molecule has 0 atom stereocenters. The molecule has 0 bridgehead atoms. The molecule has 0 aliphatic carbocycles. The topological polar surface area (TPSA) is 41.6 Å². The molecular formula is C22H27ClN2O2. The molecule has 2 aromatic carbocycles. The zero-order chi connectivity index (χ0) is 19.1. The van der Waals surface area contributed by atoms with Crippen LogP contribution in [0.3, 0.4) is 0 Å². The van der Waals surface area contributed by atoms with E-state index in [9.17, 15) is 4.79 Å². The van der Waals surface area contributed by atoms with Gasteiger partial charge in [0.15, 0.2) is 0 Å². The van der Waals surface area contributed by atoms with Crippen LogP contribution < -0.4 is 10.1 Å². The van der Waals surface area contributed by atoms with Crippen LogP contribution in [0.25, 0.3) is 0 Å². The number of halogens is 1. The number of nitrogens with zero attached hydrogens (tertiary/aromatic N) is 1. The first-order valence-corrected chi connectivity index (χ1v) is 9.92. The molecule has 0 spiro atoms. The minimum Gasteiger partial charge on any atom is -0.492 e.